The summed E-state index contributed by atoms with van der Waals surface area (Å²) in [6, 6.07) is 0. The SMILES string of the molecule is CC1(C)O[C@@H]2[C@H](O1)[C@H]1CNc3nc(=O)c(Br)cn3[C@@H]2O1. The van der Waals surface area contributed by atoms with Crippen molar-refractivity contribution >= 4 is 21.9 Å². The van der Waals surface area contributed by atoms with E-state index in [1.54, 1.807) is 10.8 Å². The molecule has 108 valence electrons. The van der Waals surface area contributed by atoms with E-state index in [2.05, 4.69) is 26.2 Å². The highest BCUT2D eigenvalue weighted by Gasteiger charge is 2.56. The molecule has 1 aromatic heterocycles. The van der Waals surface area contributed by atoms with Crippen molar-refractivity contribution in [2.75, 3.05) is 11.9 Å². The molecule has 7 nitrogen and oxygen atoms in total. The second-order valence-corrected chi connectivity index (χ2v) is 6.49. The van der Waals surface area contributed by atoms with Crippen molar-refractivity contribution in [3.63, 3.8) is 0 Å². The van der Waals surface area contributed by atoms with Crippen LogP contribution in [-0.2, 0) is 14.2 Å². The molecule has 8 heteroatoms. The van der Waals surface area contributed by atoms with Crippen LogP contribution in [0.1, 0.15) is 20.1 Å². The molecule has 4 atom stereocenters. The molecule has 0 aromatic carbocycles. The van der Waals surface area contributed by atoms with Crippen molar-refractivity contribution in [1.29, 1.82) is 0 Å². The van der Waals surface area contributed by atoms with Gasteiger partial charge in [0.15, 0.2) is 12.0 Å². The Bertz CT molecular complexity index is 632. The molecule has 0 amide bonds. The topological polar surface area (TPSA) is 74.6 Å². The molecule has 4 rings (SSSR count). The summed E-state index contributed by atoms with van der Waals surface area (Å²) in [5.41, 5.74) is -0.304. The molecule has 0 unspecified atom stereocenters. The molecule has 4 heterocycles. The van der Waals surface area contributed by atoms with Gasteiger partial charge in [-0.25, -0.2) is 0 Å². The molecule has 0 radical (unpaired) electrons. The van der Waals surface area contributed by atoms with E-state index in [-0.39, 0.29) is 30.1 Å². The lowest BCUT2D eigenvalue weighted by atomic mass is 10.1. The van der Waals surface area contributed by atoms with Gasteiger partial charge in [0.25, 0.3) is 5.56 Å². The molecule has 20 heavy (non-hydrogen) atoms. The lowest BCUT2D eigenvalue weighted by Gasteiger charge is -2.24. The van der Waals surface area contributed by atoms with Crippen LogP contribution < -0.4 is 10.9 Å². The third-order valence-electron chi connectivity index (χ3n) is 3.77. The van der Waals surface area contributed by atoms with E-state index in [0.29, 0.717) is 17.0 Å². The Morgan fingerprint density at radius 1 is 1.45 bits per heavy atom. The van der Waals surface area contributed by atoms with Gasteiger partial charge in [-0.15, -0.1) is 0 Å². The number of fused-ring (bicyclic) bond motifs is 7. The Hall–Kier alpha value is -0.960. The Kier molecular flexibility index (Phi) is 2.57. The average molecular weight is 344 g/mol. The van der Waals surface area contributed by atoms with Crippen molar-refractivity contribution in [2.24, 2.45) is 0 Å². The van der Waals surface area contributed by atoms with Crippen LogP contribution in [0.3, 0.4) is 0 Å². The molecule has 2 saturated heterocycles. The van der Waals surface area contributed by atoms with E-state index in [4.69, 9.17) is 14.2 Å². The normalized spacial score (nSPS) is 37.0. The first-order valence-corrected chi connectivity index (χ1v) is 7.27. The zero-order chi connectivity index (χ0) is 14.1. The summed E-state index contributed by atoms with van der Waals surface area (Å²) in [4.78, 5) is 15.6. The van der Waals surface area contributed by atoms with Gasteiger partial charge >= 0.3 is 0 Å². The minimum absolute atomic E-state index is 0.117. The molecule has 0 aliphatic carbocycles. The number of nitrogens with zero attached hydrogens (tertiary/aromatic N) is 2. The number of hydrogen-bond acceptors (Lipinski definition) is 6. The minimum Gasteiger partial charge on any atom is -0.353 e. The number of halogens is 1. The number of hydrogen-bond donors (Lipinski definition) is 1. The zero-order valence-corrected chi connectivity index (χ0v) is 12.6. The number of aromatic nitrogens is 2. The first kappa shape index (κ1) is 12.8. The number of nitrogens with one attached hydrogen (secondary N) is 1. The summed E-state index contributed by atoms with van der Waals surface area (Å²) >= 11 is 3.21. The molecule has 0 spiro atoms. The standard InChI is InChI=1S/C12H14BrN3O4/c1-12(2)19-7-6-3-14-11-15-9(17)5(13)4-16(11)10(18-6)8(7)20-12/h4,6-8,10H,3H2,1-2H3,(H,14,15,17)/t6-,7-,8-,10-/m1/s1. The third kappa shape index (κ3) is 1.75. The lowest BCUT2D eigenvalue weighted by molar-refractivity contribution is -0.193. The summed E-state index contributed by atoms with van der Waals surface area (Å²) in [6.07, 6.45) is 0.895. The number of ether oxygens (including phenoxy) is 3. The van der Waals surface area contributed by atoms with Gasteiger partial charge in [0.1, 0.15) is 22.8 Å². The Balaban J connectivity index is 1.81. The molecule has 2 fully saturated rings. The van der Waals surface area contributed by atoms with Gasteiger partial charge in [0.2, 0.25) is 5.95 Å². The second-order valence-electron chi connectivity index (χ2n) is 5.64. The fraction of sp³-hybridized carbons (Fsp3) is 0.667. The van der Waals surface area contributed by atoms with Crippen molar-refractivity contribution in [3.05, 3.63) is 21.0 Å². The first-order chi connectivity index (χ1) is 9.44. The predicted molar refractivity (Wildman–Crippen MR) is 72.4 cm³/mol. The van der Waals surface area contributed by atoms with E-state index < -0.39 is 5.79 Å². The van der Waals surface area contributed by atoms with Crippen molar-refractivity contribution < 1.29 is 14.2 Å². The monoisotopic (exact) mass is 343 g/mol. The van der Waals surface area contributed by atoms with Gasteiger partial charge in [-0.3, -0.25) is 9.36 Å². The van der Waals surface area contributed by atoms with Crippen LogP contribution in [0.2, 0.25) is 0 Å². The quantitative estimate of drug-likeness (QED) is 0.752. The van der Waals surface area contributed by atoms with Crippen LogP contribution in [0.25, 0.3) is 0 Å². The Labute approximate surface area is 123 Å². The molecular formula is C12H14BrN3O4. The van der Waals surface area contributed by atoms with Crippen LogP contribution in [0, 0.1) is 0 Å². The van der Waals surface area contributed by atoms with Gasteiger partial charge in [0.05, 0.1) is 0 Å². The highest BCUT2D eigenvalue weighted by molar-refractivity contribution is 9.10. The van der Waals surface area contributed by atoms with Gasteiger partial charge in [-0.2, -0.15) is 4.98 Å². The molecule has 3 aliphatic rings. The van der Waals surface area contributed by atoms with Crippen LogP contribution >= 0.6 is 15.9 Å². The smallest absolute Gasteiger partial charge is 0.288 e. The highest BCUT2D eigenvalue weighted by atomic mass is 79.9. The lowest BCUT2D eigenvalue weighted by Crippen LogP contribution is -2.36. The number of anilines is 1. The second kappa shape index (κ2) is 4.03. The van der Waals surface area contributed by atoms with Crippen LogP contribution in [0.4, 0.5) is 5.95 Å². The van der Waals surface area contributed by atoms with Crippen LogP contribution in [0.5, 0.6) is 0 Å². The fourth-order valence-corrected chi connectivity index (χ4v) is 3.32. The maximum atomic E-state index is 11.6. The summed E-state index contributed by atoms with van der Waals surface area (Å²) < 4.78 is 20.0. The van der Waals surface area contributed by atoms with Crippen molar-refractivity contribution in [2.45, 2.75) is 44.2 Å². The molecule has 1 N–H and O–H groups in total. The maximum absolute atomic E-state index is 11.6. The van der Waals surface area contributed by atoms with Crippen molar-refractivity contribution in [1.82, 2.24) is 9.55 Å². The first-order valence-electron chi connectivity index (χ1n) is 6.48. The average Bonchev–Trinajstić information content (AvgIpc) is 2.76. The summed E-state index contributed by atoms with van der Waals surface area (Å²) in [7, 11) is 0. The molecule has 3 aliphatic heterocycles. The maximum Gasteiger partial charge on any atom is 0.288 e. The molecule has 2 bridgehead atoms. The van der Waals surface area contributed by atoms with Gasteiger partial charge in [-0.05, 0) is 29.8 Å². The van der Waals surface area contributed by atoms with Gasteiger partial charge < -0.3 is 19.5 Å². The highest BCUT2D eigenvalue weighted by Crippen LogP contribution is 2.44. The zero-order valence-electron chi connectivity index (χ0n) is 11.0. The fourth-order valence-electron chi connectivity index (χ4n) is 3.01. The van der Waals surface area contributed by atoms with Gasteiger partial charge in [0, 0.05) is 12.7 Å². The largest absolute Gasteiger partial charge is 0.353 e. The summed E-state index contributed by atoms with van der Waals surface area (Å²) in [5, 5.41) is 3.14. The van der Waals surface area contributed by atoms with E-state index in [9.17, 15) is 4.79 Å². The van der Waals surface area contributed by atoms with E-state index in [0.717, 1.165) is 0 Å². The third-order valence-corrected chi connectivity index (χ3v) is 4.31. The Morgan fingerprint density at radius 3 is 3.00 bits per heavy atom. The van der Waals surface area contributed by atoms with E-state index in [1.165, 1.54) is 0 Å². The van der Waals surface area contributed by atoms with Crippen molar-refractivity contribution in [3.8, 4) is 0 Å². The Morgan fingerprint density at radius 2 is 2.20 bits per heavy atom. The van der Waals surface area contributed by atoms with Crippen LogP contribution in [-0.4, -0.2) is 40.2 Å². The van der Waals surface area contributed by atoms with E-state index in [1.807, 2.05) is 13.8 Å². The number of rotatable bonds is 0. The van der Waals surface area contributed by atoms with Gasteiger partial charge in [-0.1, -0.05) is 0 Å². The van der Waals surface area contributed by atoms with E-state index >= 15 is 0 Å². The minimum atomic E-state index is -0.621. The molecule has 1 aromatic rings. The van der Waals surface area contributed by atoms with Crippen LogP contribution in [0.15, 0.2) is 15.5 Å². The summed E-state index contributed by atoms with van der Waals surface area (Å²) in [5.74, 6) is -0.124. The molecular weight excluding hydrogens is 330 g/mol. The molecule has 0 saturated carbocycles. The predicted octanol–water partition coefficient (Wildman–Crippen LogP) is 0.849. The summed E-state index contributed by atoms with van der Waals surface area (Å²) in [6.45, 7) is 4.32.